The summed E-state index contributed by atoms with van der Waals surface area (Å²) in [5.41, 5.74) is 1.73. The van der Waals surface area contributed by atoms with Gasteiger partial charge in [-0.25, -0.2) is 4.98 Å². The average molecular weight is 402 g/mol. The molecule has 1 amide bonds. The second kappa shape index (κ2) is 9.19. The smallest absolute Gasteiger partial charge is 0.272 e. The molecular formula is C20H23N3O2S2. The third kappa shape index (κ3) is 4.59. The van der Waals surface area contributed by atoms with Crippen molar-refractivity contribution >= 4 is 39.2 Å². The van der Waals surface area contributed by atoms with Crippen LogP contribution in [0.3, 0.4) is 0 Å². The summed E-state index contributed by atoms with van der Waals surface area (Å²) in [7, 11) is 0. The quantitative estimate of drug-likeness (QED) is 0.350. The Hall–Kier alpha value is -2.12. The van der Waals surface area contributed by atoms with Crippen molar-refractivity contribution in [1.29, 1.82) is 0 Å². The SMILES string of the molecule is CCCCNC(=O)CSc1nc2cc(-c3ccccc3)sc2c(=O)n1CC. The van der Waals surface area contributed by atoms with Crippen LogP contribution in [0.4, 0.5) is 0 Å². The first-order valence-electron chi connectivity index (χ1n) is 9.13. The van der Waals surface area contributed by atoms with E-state index in [1.54, 1.807) is 4.57 Å². The summed E-state index contributed by atoms with van der Waals surface area (Å²) in [6, 6.07) is 12.0. The van der Waals surface area contributed by atoms with Gasteiger partial charge in [0.25, 0.3) is 5.56 Å². The van der Waals surface area contributed by atoms with Crippen molar-refractivity contribution in [2.75, 3.05) is 12.3 Å². The highest BCUT2D eigenvalue weighted by Crippen LogP contribution is 2.31. The molecule has 0 spiro atoms. The monoisotopic (exact) mass is 401 g/mol. The van der Waals surface area contributed by atoms with E-state index in [0.29, 0.717) is 28.5 Å². The van der Waals surface area contributed by atoms with Crippen molar-refractivity contribution < 1.29 is 4.79 Å². The number of thiophene rings is 1. The minimum absolute atomic E-state index is 0.0271. The molecule has 1 aromatic carbocycles. The minimum atomic E-state index is -0.0384. The molecule has 2 heterocycles. The van der Waals surface area contributed by atoms with E-state index in [1.807, 2.05) is 43.3 Å². The van der Waals surface area contributed by atoms with Crippen molar-refractivity contribution in [2.45, 2.75) is 38.4 Å². The van der Waals surface area contributed by atoms with E-state index >= 15 is 0 Å². The maximum Gasteiger partial charge on any atom is 0.272 e. The summed E-state index contributed by atoms with van der Waals surface area (Å²) in [5.74, 6) is 0.234. The lowest BCUT2D eigenvalue weighted by Gasteiger charge is -2.09. The molecule has 5 nitrogen and oxygen atoms in total. The topological polar surface area (TPSA) is 64.0 Å². The fourth-order valence-electron chi connectivity index (χ4n) is 2.71. The van der Waals surface area contributed by atoms with E-state index in [1.165, 1.54) is 23.1 Å². The van der Waals surface area contributed by atoms with Crippen LogP contribution >= 0.6 is 23.1 Å². The highest BCUT2D eigenvalue weighted by molar-refractivity contribution is 7.99. The lowest BCUT2D eigenvalue weighted by Crippen LogP contribution is -2.27. The van der Waals surface area contributed by atoms with Gasteiger partial charge in [-0.2, -0.15) is 0 Å². The van der Waals surface area contributed by atoms with Crippen molar-refractivity contribution in [3.05, 3.63) is 46.8 Å². The third-order valence-corrected chi connectivity index (χ3v) is 6.30. The van der Waals surface area contributed by atoms with Gasteiger partial charge in [0.2, 0.25) is 5.91 Å². The van der Waals surface area contributed by atoms with Crippen LogP contribution in [0.15, 0.2) is 46.3 Å². The number of rotatable bonds is 8. The highest BCUT2D eigenvalue weighted by atomic mass is 32.2. The Morgan fingerprint density at radius 3 is 2.74 bits per heavy atom. The molecule has 0 saturated heterocycles. The Kier molecular flexibility index (Phi) is 6.68. The van der Waals surface area contributed by atoms with Crippen LogP contribution in [-0.2, 0) is 11.3 Å². The Labute approximate surface area is 166 Å². The number of amides is 1. The number of unbranched alkanes of at least 4 members (excludes halogenated alkanes) is 1. The Balaban J connectivity index is 1.87. The molecule has 0 aliphatic carbocycles. The number of carbonyl (C=O) groups excluding carboxylic acids is 1. The van der Waals surface area contributed by atoms with Gasteiger partial charge in [0.15, 0.2) is 5.16 Å². The molecule has 0 aliphatic rings. The van der Waals surface area contributed by atoms with Gasteiger partial charge in [-0.3, -0.25) is 14.2 Å². The van der Waals surface area contributed by atoms with Crippen LogP contribution in [0.2, 0.25) is 0 Å². The second-order valence-electron chi connectivity index (χ2n) is 6.13. The zero-order valence-corrected chi connectivity index (χ0v) is 17.2. The van der Waals surface area contributed by atoms with Crippen molar-refractivity contribution in [3.8, 4) is 10.4 Å². The average Bonchev–Trinajstić information content (AvgIpc) is 3.12. The van der Waals surface area contributed by atoms with Gasteiger partial charge in [0, 0.05) is 18.0 Å². The zero-order valence-electron chi connectivity index (χ0n) is 15.5. The molecule has 0 saturated carbocycles. The van der Waals surface area contributed by atoms with Gasteiger partial charge in [0.05, 0.1) is 11.3 Å². The van der Waals surface area contributed by atoms with Crippen molar-refractivity contribution in [1.82, 2.24) is 14.9 Å². The van der Waals surface area contributed by atoms with Gasteiger partial charge in [-0.15, -0.1) is 11.3 Å². The van der Waals surface area contributed by atoms with E-state index in [0.717, 1.165) is 23.3 Å². The van der Waals surface area contributed by atoms with E-state index in [-0.39, 0.29) is 17.2 Å². The summed E-state index contributed by atoms with van der Waals surface area (Å²) in [6.07, 6.45) is 2.01. The number of thioether (sulfide) groups is 1. The van der Waals surface area contributed by atoms with Crippen LogP contribution < -0.4 is 10.9 Å². The van der Waals surface area contributed by atoms with Gasteiger partial charge < -0.3 is 5.32 Å². The Morgan fingerprint density at radius 2 is 2.04 bits per heavy atom. The molecule has 0 radical (unpaired) electrons. The maximum absolute atomic E-state index is 12.9. The number of nitrogens with zero attached hydrogens (tertiary/aromatic N) is 2. The van der Waals surface area contributed by atoms with Crippen LogP contribution in [0.5, 0.6) is 0 Å². The number of benzene rings is 1. The molecule has 0 aliphatic heterocycles. The van der Waals surface area contributed by atoms with Gasteiger partial charge in [-0.05, 0) is 25.0 Å². The molecule has 3 aromatic rings. The molecule has 1 N–H and O–H groups in total. The van der Waals surface area contributed by atoms with Crippen LogP contribution in [0, 0.1) is 0 Å². The lowest BCUT2D eigenvalue weighted by molar-refractivity contribution is -0.118. The van der Waals surface area contributed by atoms with E-state index < -0.39 is 0 Å². The third-order valence-electron chi connectivity index (χ3n) is 4.16. The minimum Gasteiger partial charge on any atom is -0.355 e. The molecule has 0 atom stereocenters. The molecule has 7 heteroatoms. The standard InChI is InChI=1S/C20H23N3O2S2/c1-3-5-11-21-17(24)13-26-20-22-15-12-16(14-9-7-6-8-10-14)27-18(15)19(25)23(20)4-2/h6-10,12H,3-5,11,13H2,1-2H3,(H,21,24). The van der Waals surface area contributed by atoms with Crippen LogP contribution in [0.1, 0.15) is 26.7 Å². The number of aromatic nitrogens is 2. The summed E-state index contributed by atoms with van der Waals surface area (Å²) >= 11 is 2.79. The molecule has 3 rings (SSSR count). The molecule has 0 bridgehead atoms. The van der Waals surface area contributed by atoms with Crippen LogP contribution in [0.25, 0.3) is 20.7 Å². The van der Waals surface area contributed by atoms with Gasteiger partial charge in [-0.1, -0.05) is 55.4 Å². The molecule has 0 unspecified atom stereocenters. The molecule has 27 heavy (non-hydrogen) atoms. The largest absolute Gasteiger partial charge is 0.355 e. The van der Waals surface area contributed by atoms with Crippen molar-refractivity contribution in [2.24, 2.45) is 0 Å². The molecular weight excluding hydrogens is 378 g/mol. The fraction of sp³-hybridized carbons (Fsp3) is 0.350. The van der Waals surface area contributed by atoms with Crippen LogP contribution in [-0.4, -0.2) is 27.8 Å². The lowest BCUT2D eigenvalue weighted by atomic mass is 10.2. The summed E-state index contributed by atoms with van der Waals surface area (Å²) in [6.45, 7) is 5.23. The summed E-state index contributed by atoms with van der Waals surface area (Å²) in [4.78, 5) is 30.6. The molecule has 0 fully saturated rings. The fourth-order valence-corrected chi connectivity index (χ4v) is 4.65. The predicted octanol–water partition coefficient (Wildman–Crippen LogP) is 4.15. The first-order chi connectivity index (χ1) is 13.1. The van der Waals surface area contributed by atoms with E-state index in [9.17, 15) is 9.59 Å². The number of hydrogen-bond acceptors (Lipinski definition) is 5. The highest BCUT2D eigenvalue weighted by Gasteiger charge is 2.15. The van der Waals surface area contributed by atoms with Gasteiger partial charge >= 0.3 is 0 Å². The number of carbonyl (C=O) groups is 1. The number of fused-ring (bicyclic) bond motifs is 1. The summed E-state index contributed by atoms with van der Waals surface area (Å²) in [5, 5.41) is 3.49. The normalized spacial score (nSPS) is 11.0. The maximum atomic E-state index is 12.9. The first-order valence-corrected chi connectivity index (χ1v) is 10.9. The number of nitrogens with one attached hydrogen (secondary N) is 1. The Bertz CT molecular complexity index is 980. The Morgan fingerprint density at radius 1 is 1.26 bits per heavy atom. The predicted molar refractivity (Wildman–Crippen MR) is 114 cm³/mol. The first kappa shape index (κ1) is 19.6. The summed E-state index contributed by atoms with van der Waals surface area (Å²) < 4.78 is 2.31. The molecule has 2 aromatic heterocycles. The van der Waals surface area contributed by atoms with Gasteiger partial charge in [0.1, 0.15) is 4.70 Å². The number of hydrogen-bond donors (Lipinski definition) is 1. The molecule has 142 valence electrons. The van der Waals surface area contributed by atoms with E-state index in [2.05, 4.69) is 17.2 Å². The zero-order chi connectivity index (χ0) is 19.2. The van der Waals surface area contributed by atoms with Crippen molar-refractivity contribution in [3.63, 3.8) is 0 Å². The van der Waals surface area contributed by atoms with E-state index in [4.69, 9.17) is 0 Å². The second-order valence-corrected chi connectivity index (χ2v) is 8.12.